The molecule has 2 rings (SSSR count). The summed E-state index contributed by atoms with van der Waals surface area (Å²) in [6.45, 7) is 3.80. The normalized spacial score (nSPS) is 21.7. The number of benzene rings is 1. The Bertz CT molecular complexity index is 460. The Labute approximate surface area is 94.4 Å². The summed E-state index contributed by atoms with van der Waals surface area (Å²) in [6, 6.07) is 7.36. The van der Waals surface area contributed by atoms with Gasteiger partial charge in [-0.15, -0.1) is 0 Å². The Morgan fingerprint density at radius 2 is 1.94 bits per heavy atom. The lowest BCUT2D eigenvalue weighted by molar-refractivity contribution is -0.145. The van der Waals surface area contributed by atoms with Gasteiger partial charge in [0, 0.05) is 11.0 Å². The molecule has 1 atom stereocenters. The van der Waals surface area contributed by atoms with Crippen molar-refractivity contribution < 1.29 is 14.3 Å². The van der Waals surface area contributed by atoms with Crippen molar-refractivity contribution in [3.05, 3.63) is 35.4 Å². The highest BCUT2D eigenvalue weighted by atomic mass is 16.5. The third-order valence-corrected chi connectivity index (χ3v) is 3.31. The second-order valence-corrected chi connectivity index (χ2v) is 4.59. The van der Waals surface area contributed by atoms with Crippen LogP contribution in [0.2, 0.25) is 0 Å². The smallest absolute Gasteiger partial charge is 0.317 e. The van der Waals surface area contributed by atoms with E-state index in [1.54, 1.807) is 6.07 Å². The second-order valence-electron chi connectivity index (χ2n) is 4.59. The SMILES string of the molecule is COC(=O)C1C(=O)c2ccccc2C1(C)C. The maximum absolute atomic E-state index is 12.1. The molecule has 0 spiro atoms. The molecule has 0 saturated heterocycles. The van der Waals surface area contributed by atoms with E-state index >= 15 is 0 Å². The molecule has 3 heteroatoms. The first-order valence-corrected chi connectivity index (χ1v) is 5.21. The molecule has 0 N–H and O–H groups in total. The maximum atomic E-state index is 12.1. The Kier molecular flexibility index (Phi) is 2.34. The first-order valence-electron chi connectivity index (χ1n) is 5.21. The molecule has 0 aliphatic heterocycles. The van der Waals surface area contributed by atoms with E-state index in [9.17, 15) is 9.59 Å². The number of esters is 1. The third kappa shape index (κ3) is 1.28. The van der Waals surface area contributed by atoms with Gasteiger partial charge in [0.15, 0.2) is 5.78 Å². The Morgan fingerprint density at radius 1 is 1.31 bits per heavy atom. The molecule has 0 bridgehead atoms. The number of hydrogen-bond acceptors (Lipinski definition) is 3. The van der Waals surface area contributed by atoms with Crippen LogP contribution in [-0.4, -0.2) is 18.9 Å². The van der Waals surface area contributed by atoms with Crippen LogP contribution in [0, 0.1) is 5.92 Å². The third-order valence-electron chi connectivity index (χ3n) is 3.31. The standard InChI is InChI=1S/C13H14O3/c1-13(2)9-7-5-4-6-8(9)11(14)10(13)12(15)16-3/h4-7,10H,1-3H3. The summed E-state index contributed by atoms with van der Waals surface area (Å²) in [5, 5.41) is 0. The molecular weight excluding hydrogens is 204 g/mol. The van der Waals surface area contributed by atoms with Crippen LogP contribution in [0.15, 0.2) is 24.3 Å². The first-order chi connectivity index (χ1) is 7.50. The van der Waals surface area contributed by atoms with E-state index in [1.807, 2.05) is 32.0 Å². The van der Waals surface area contributed by atoms with Gasteiger partial charge < -0.3 is 4.74 Å². The lowest BCUT2D eigenvalue weighted by atomic mass is 9.78. The van der Waals surface area contributed by atoms with Crippen molar-refractivity contribution in [1.82, 2.24) is 0 Å². The van der Waals surface area contributed by atoms with Gasteiger partial charge in [-0.1, -0.05) is 38.1 Å². The van der Waals surface area contributed by atoms with Crippen molar-refractivity contribution in [2.24, 2.45) is 5.92 Å². The van der Waals surface area contributed by atoms with Crippen molar-refractivity contribution in [3.8, 4) is 0 Å². The van der Waals surface area contributed by atoms with Crippen LogP contribution in [0.3, 0.4) is 0 Å². The van der Waals surface area contributed by atoms with Crippen LogP contribution in [0.1, 0.15) is 29.8 Å². The second kappa shape index (κ2) is 3.44. The van der Waals surface area contributed by atoms with E-state index in [2.05, 4.69) is 0 Å². The van der Waals surface area contributed by atoms with E-state index in [-0.39, 0.29) is 5.78 Å². The van der Waals surface area contributed by atoms with Crippen LogP contribution in [-0.2, 0) is 14.9 Å². The summed E-state index contributed by atoms with van der Waals surface area (Å²) in [7, 11) is 1.31. The number of carbonyl (C=O) groups is 2. The minimum absolute atomic E-state index is 0.132. The van der Waals surface area contributed by atoms with Gasteiger partial charge in [-0.2, -0.15) is 0 Å². The molecule has 1 aromatic carbocycles. The van der Waals surface area contributed by atoms with Gasteiger partial charge in [-0.3, -0.25) is 9.59 Å². The number of ether oxygens (including phenoxy) is 1. The van der Waals surface area contributed by atoms with Crippen molar-refractivity contribution in [1.29, 1.82) is 0 Å². The zero-order chi connectivity index (χ0) is 11.9. The van der Waals surface area contributed by atoms with Gasteiger partial charge in [0.2, 0.25) is 0 Å². The van der Waals surface area contributed by atoms with Crippen LogP contribution in [0.5, 0.6) is 0 Å². The molecule has 0 aromatic heterocycles. The van der Waals surface area contributed by atoms with Crippen LogP contribution >= 0.6 is 0 Å². The van der Waals surface area contributed by atoms with E-state index in [0.29, 0.717) is 5.56 Å². The lowest BCUT2D eigenvalue weighted by Crippen LogP contribution is -2.34. The van der Waals surface area contributed by atoms with Crippen LogP contribution in [0.25, 0.3) is 0 Å². The van der Waals surface area contributed by atoms with Crippen molar-refractivity contribution in [3.63, 3.8) is 0 Å². The molecule has 1 unspecified atom stereocenters. The van der Waals surface area contributed by atoms with E-state index in [4.69, 9.17) is 4.74 Å². The molecule has 0 amide bonds. The molecule has 0 heterocycles. The highest BCUT2D eigenvalue weighted by Crippen LogP contribution is 2.43. The summed E-state index contributed by atoms with van der Waals surface area (Å²) >= 11 is 0. The molecular formula is C13H14O3. The molecule has 1 aliphatic rings. The molecule has 0 saturated carbocycles. The topological polar surface area (TPSA) is 43.4 Å². The maximum Gasteiger partial charge on any atom is 0.317 e. The predicted octanol–water partition coefficient (Wildman–Crippen LogP) is 1.95. The average molecular weight is 218 g/mol. The Hall–Kier alpha value is -1.64. The monoisotopic (exact) mass is 218 g/mol. The number of carbonyl (C=O) groups excluding carboxylic acids is 2. The number of ketones is 1. The molecule has 84 valence electrons. The van der Waals surface area contributed by atoms with Gasteiger partial charge in [0.05, 0.1) is 7.11 Å². The molecule has 0 fully saturated rings. The number of hydrogen-bond donors (Lipinski definition) is 0. The zero-order valence-corrected chi connectivity index (χ0v) is 9.61. The van der Waals surface area contributed by atoms with Crippen molar-refractivity contribution in [2.45, 2.75) is 19.3 Å². The van der Waals surface area contributed by atoms with Crippen LogP contribution < -0.4 is 0 Å². The predicted molar refractivity (Wildman–Crippen MR) is 59.3 cm³/mol. The Balaban J connectivity index is 2.57. The van der Waals surface area contributed by atoms with Gasteiger partial charge in [-0.05, 0) is 5.56 Å². The fourth-order valence-electron chi connectivity index (χ4n) is 2.42. The fourth-order valence-corrected chi connectivity index (χ4v) is 2.42. The number of methoxy groups -OCH3 is 1. The van der Waals surface area contributed by atoms with E-state index in [1.165, 1.54) is 7.11 Å². The summed E-state index contributed by atoms with van der Waals surface area (Å²) < 4.78 is 4.71. The molecule has 1 aromatic rings. The Morgan fingerprint density at radius 3 is 2.50 bits per heavy atom. The van der Waals surface area contributed by atoms with Gasteiger partial charge >= 0.3 is 5.97 Å². The van der Waals surface area contributed by atoms with Gasteiger partial charge in [0.25, 0.3) is 0 Å². The molecule has 1 aliphatic carbocycles. The fraction of sp³-hybridized carbons (Fsp3) is 0.385. The van der Waals surface area contributed by atoms with Gasteiger partial charge in [-0.25, -0.2) is 0 Å². The number of Topliss-reactive ketones (excluding diaryl/α,β-unsaturated/α-hetero) is 1. The number of fused-ring (bicyclic) bond motifs is 1. The minimum atomic E-state index is -0.713. The van der Waals surface area contributed by atoms with Gasteiger partial charge in [0.1, 0.15) is 5.92 Å². The molecule has 3 nitrogen and oxygen atoms in total. The first kappa shape index (κ1) is 10.9. The summed E-state index contributed by atoms with van der Waals surface area (Å²) in [5.74, 6) is -1.30. The van der Waals surface area contributed by atoms with E-state index < -0.39 is 17.3 Å². The quantitative estimate of drug-likeness (QED) is 0.534. The molecule has 0 radical (unpaired) electrons. The largest absolute Gasteiger partial charge is 0.468 e. The van der Waals surface area contributed by atoms with E-state index in [0.717, 1.165) is 5.56 Å². The lowest BCUT2D eigenvalue weighted by Gasteiger charge is -2.24. The molecule has 16 heavy (non-hydrogen) atoms. The summed E-state index contributed by atoms with van der Waals surface area (Å²) in [4.78, 5) is 23.8. The minimum Gasteiger partial charge on any atom is -0.468 e. The van der Waals surface area contributed by atoms with Crippen molar-refractivity contribution in [2.75, 3.05) is 7.11 Å². The average Bonchev–Trinajstić information content (AvgIpc) is 2.47. The summed E-state index contributed by atoms with van der Waals surface area (Å²) in [5.41, 5.74) is 1.08. The van der Waals surface area contributed by atoms with Crippen LogP contribution in [0.4, 0.5) is 0 Å². The highest BCUT2D eigenvalue weighted by molar-refractivity contribution is 6.13. The highest BCUT2D eigenvalue weighted by Gasteiger charge is 2.50. The zero-order valence-electron chi connectivity index (χ0n) is 9.61. The van der Waals surface area contributed by atoms with Crippen molar-refractivity contribution >= 4 is 11.8 Å². The summed E-state index contributed by atoms with van der Waals surface area (Å²) in [6.07, 6.45) is 0. The number of rotatable bonds is 1.